The Morgan fingerprint density at radius 3 is 2.04 bits per heavy atom. The summed E-state index contributed by atoms with van der Waals surface area (Å²) in [4.78, 5) is 42.2. The fourth-order valence-electron chi connectivity index (χ4n) is 7.19. The van der Waals surface area contributed by atoms with Gasteiger partial charge in [-0.25, -0.2) is 0 Å². The summed E-state index contributed by atoms with van der Waals surface area (Å²) in [5.41, 5.74) is 1.92. The summed E-state index contributed by atoms with van der Waals surface area (Å²) in [6, 6.07) is 30.3. The average Bonchev–Trinajstić information content (AvgIpc) is 3.48. The fourth-order valence-corrected chi connectivity index (χ4v) is 9.74. The lowest BCUT2D eigenvalue weighted by Crippen LogP contribution is -2.45. The van der Waals surface area contributed by atoms with Gasteiger partial charge in [0.2, 0.25) is 8.41 Å². The monoisotopic (exact) mass is 651 g/mol. The summed E-state index contributed by atoms with van der Waals surface area (Å²) in [5.74, 6) is -1.42. The lowest BCUT2D eigenvalue weighted by atomic mass is 9.82. The van der Waals surface area contributed by atoms with Crippen LogP contribution < -0.4 is 15.5 Å². The van der Waals surface area contributed by atoms with E-state index >= 15 is 4.11 Å². The SMILES string of the molecule is C[C@@H]1[C@@H]([Si](C)(C)F)[C@H](CCO)O[C@@]12C(=O)N(Cc1cccc(NC(=O)c3ccccc3)c1)c1ccc(NC(=O)c3ccccc3)cc12. The summed E-state index contributed by atoms with van der Waals surface area (Å²) < 4.78 is 22.6. The Bertz CT molecular complexity index is 1800. The minimum absolute atomic E-state index is 0.167. The van der Waals surface area contributed by atoms with Crippen LogP contribution in [0.1, 0.15) is 45.2 Å². The molecule has 0 unspecified atom stereocenters. The molecule has 1 spiro atoms. The number of amides is 3. The third-order valence-corrected chi connectivity index (χ3v) is 11.7. The summed E-state index contributed by atoms with van der Waals surface area (Å²) in [5, 5.41) is 15.7. The number of fused-ring (bicyclic) bond motifs is 2. The zero-order valence-electron chi connectivity index (χ0n) is 26.6. The molecule has 2 aliphatic rings. The molecule has 4 aromatic carbocycles. The van der Waals surface area contributed by atoms with Gasteiger partial charge in [0.1, 0.15) is 0 Å². The number of carbonyl (C=O) groups is 3. The molecule has 1 fully saturated rings. The number of ether oxygens (including phenoxy) is 1. The van der Waals surface area contributed by atoms with Gasteiger partial charge >= 0.3 is 0 Å². The van der Waals surface area contributed by atoms with Crippen LogP contribution >= 0.6 is 0 Å². The van der Waals surface area contributed by atoms with E-state index in [0.29, 0.717) is 33.8 Å². The highest BCUT2D eigenvalue weighted by Gasteiger charge is 2.66. The van der Waals surface area contributed by atoms with Gasteiger partial charge in [0.15, 0.2) is 5.60 Å². The molecule has 1 saturated heterocycles. The van der Waals surface area contributed by atoms with Crippen molar-refractivity contribution in [1.29, 1.82) is 0 Å². The minimum Gasteiger partial charge on any atom is -0.396 e. The molecule has 0 radical (unpaired) electrons. The zero-order valence-corrected chi connectivity index (χ0v) is 27.6. The molecular weight excluding hydrogens is 614 g/mol. The van der Waals surface area contributed by atoms with Crippen molar-refractivity contribution >= 4 is 43.2 Å². The van der Waals surface area contributed by atoms with Crippen molar-refractivity contribution in [3.8, 4) is 0 Å². The molecule has 4 atom stereocenters. The van der Waals surface area contributed by atoms with Crippen molar-refractivity contribution in [2.24, 2.45) is 5.92 Å². The van der Waals surface area contributed by atoms with E-state index in [9.17, 15) is 19.5 Å². The van der Waals surface area contributed by atoms with Gasteiger partial charge in [-0.05, 0) is 79.7 Å². The molecule has 3 N–H and O–H groups in total. The van der Waals surface area contributed by atoms with E-state index in [4.69, 9.17) is 4.74 Å². The lowest BCUT2D eigenvalue weighted by Gasteiger charge is -2.31. The van der Waals surface area contributed by atoms with Crippen molar-refractivity contribution in [2.75, 3.05) is 22.1 Å². The fraction of sp³-hybridized carbons (Fsp3) is 0.270. The Morgan fingerprint density at radius 2 is 1.47 bits per heavy atom. The predicted molar refractivity (Wildman–Crippen MR) is 183 cm³/mol. The Balaban J connectivity index is 1.37. The van der Waals surface area contributed by atoms with Crippen LogP contribution in [0.2, 0.25) is 18.6 Å². The van der Waals surface area contributed by atoms with Gasteiger partial charge in [-0.15, -0.1) is 0 Å². The van der Waals surface area contributed by atoms with E-state index < -0.39 is 31.6 Å². The van der Waals surface area contributed by atoms with Gasteiger partial charge in [-0.3, -0.25) is 14.4 Å². The second kappa shape index (κ2) is 12.9. The second-order valence-corrected chi connectivity index (χ2v) is 16.5. The third kappa shape index (κ3) is 6.11. The number of hydrogen-bond acceptors (Lipinski definition) is 5. The summed E-state index contributed by atoms with van der Waals surface area (Å²) in [6.07, 6.45) is -0.453. The minimum atomic E-state index is -3.38. The molecule has 4 aromatic rings. The first-order valence-corrected chi connectivity index (χ1v) is 18.7. The van der Waals surface area contributed by atoms with Crippen LogP contribution in [0.4, 0.5) is 21.2 Å². The first-order chi connectivity index (χ1) is 22.5. The van der Waals surface area contributed by atoms with Gasteiger partial charge in [-0.1, -0.05) is 55.5 Å². The first-order valence-electron chi connectivity index (χ1n) is 15.8. The zero-order chi connectivity index (χ0) is 33.3. The van der Waals surface area contributed by atoms with Crippen molar-refractivity contribution in [1.82, 2.24) is 0 Å². The average molecular weight is 652 g/mol. The molecular formula is C37H38FN3O5Si. The number of anilines is 3. The van der Waals surface area contributed by atoms with Crippen LogP contribution in [0.15, 0.2) is 103 Å². The molecule has 242 valence electrons. The second-order valence-electron chi connectivity index (χ2n) is 12.7. The molecule has 47 heavy (non-hydrogen) atoms. The number of nitrogens with one attached hydrogen (secondary N) is 2. The van der Waals surface area contributed by atoms with E-state index in [1.807, 2.05) is 37.3 Å². The van der Waals surface area contributed by atoms with Crippen molar-refractivity contribution in [2.45, 2.75) is 50.2 Å². The Kier molecular flexibility index (Phi) is 8.84. The van der Waals surface area contributed by atoms with E-state index in [1.165, 1.54) is 0 Å². The molecule has 0 aliphatic carbocycles. The van der Waals surface area contributed by atoms with E-state index in [2.05, 4.69) is 10.6 Å². The largest absolute Gasteiger partial charge is 0.396 e. The maximum absolute atomic E-state index is 16.0. The molecule has 10 heteroatoms. The quantitative estimate of drug-likeness (QED) is 0.135. The van der Waals surface area contributed by atoms with Crippen LogP contribution in [0.25, 0.3) is 0 Å². The highest BCUT2D eigenvalue weighted by atomic mass is 28.4. The van der Waals surface area contributed by atoms with Crippen LogP contribution in [-0.4, -0.2) is 43.9 Å². The van der Waals surface area contributed by atoms with Gasteiger partial charge in [0.05, 0.1) is 18.3 Å². The standard InChI is InChI=1S/C37H38FN3O5Si/c1-24-33(47(2,3)38)32(19-20-42)46-37(24)30-22-29(40-35(44)27-14-8-5-9-15-27)17-18-31(30)41(36(37)45)23-25-11-10-16-28(21-25)39-34(43)26-12-6-4-7-13-26/h4-18,21-22,24,32-33,42H,19-20,23H2,1-3H3,(H,39,43)(H,40,44)/t24-,32+,33-,37+/m1/s1. The van der Waals surface area contributed by atoms with Crippen LogP contribution in [0, 0.1) is 5.92 Å². The molecule has 0 aromatic heterocycles. The smallest absolute Gasteiger partial charge is 0.264 e. The Labute approximate surface area is 274 Å². The molecule has 0 saturated carbocycles. The number of halogens is 1. The van der Waals surface area contributed by atoms with Gasteiger partial charge in [0, 0.05) is 46.1 Å². The summed E-state index contributed by atoms with van der Waals surface area (Å²) >= 11 is 0. The molecule has 6 rings (SSSR count). The molecule has 3 amide bonds. The summed E-state index contributed by atoms with van der Waals surface area (Å²) in [7, 11) is -3.38. The molecule has 0 bridgehead atoms. The van der Waals surface area contributed by atoms with Gasteiger partial charge in [-0.2, -0.15) is 0 Å². The van der Waals surface area contributed by atoms with E-state index in [1.54, 1.807) is 90.8 Å². The molecule has 2 aliphatic heterocycles. The third-order valence-electron chi connectivity index (χ3n) is 9.23. The highest BCUT2D eigenvalue weighted by molar-refractivity contribution is 6.72. The maximum Gasteiger partial charge on any atom is 0.264 e. The number of rotatable bonds is 9. The number of hydrogen-bond donors (Lipinski definition) is 3. The highest BCUT2D eigenvalue weighted by Crippen LogP contribution is 2.60. The number of carbonyl (C=O) groups excluding carboxylic acids is 3. The topological polar surface area (TPSA) is 108 Å². The van der Waals surface area contributed by atoms with Crippen molar-refractivity contribution in [3.63, 3.8) is 0 Å². The molecule has 2 heterocycles. The van der Waals surface area contributed by atoms with Crippen molar-refractivity contribution < 1.29 is 28.3 Å². The van der Waals surface area contributed by atoms with E-state index in [0.717, 1.165) is 5.56 Å². The van der Waals surface area contributed by atoms with Crippen LogP contribution in [0.5, 0.6) is 0 Å². The number of nitrogens with zero attached hydrogens (tertiary/aromatic N) is 1. The number of aliphatic hydroxyl groups excluding tert-OH is 1. The number of aliphatic hydroxyl groups is 1. The van der Waals surface area contributed by atoms with Crippen LogP contribution in [0.3, 0.4) is 0 Å². The van der Waals surface area contributed by atoms with Crippen molar-refractivity contribution in [3.05, 3.63) is 125 Å². The lowest BCUT2D eigenvalue weighted by molar-refractivity contribution is -0.146. The first kappa shape index (κ1) is 32.3. The maximum atomic E-state index is 16.0. The normalized spacial score (nSPS) is 21.9. The summed E-state index contributed by atoms with van der Waals surface area (Å²) in [6.45, 7) is 5.06. The Hall–Kier alpha value is -4.64. The van der Waals surface area contributed by atoms with Gasteiger partial charge < -0.3 is 29.5 Å². The number of benzene rings is 4. The predicted octanol–water partition coefficient (Wildman–Crippen LogP) is 6.90. The van der Waals surface area contributed by atoms with E-state index in [-0.39, 0.29) is 37.3 Å². The van der Waals surface area contributed by atoms with Gasteiger partial charge in [0.25, 0.3) is 17.7 Å². The Morgan fingerprint density at radius 1 is 0.872 bits per heavy atom. The van der Waals surface area contributed by atoms with Crippen LogP contribution in [-0.2, 0) is 21.7 Å². The molecule has 8 nitrogen and oxygen atoms in total.